The van der Waals surface area contributed by atoms with Crippen molar-refractivity contribution in [1.29, 1.82) is 0 Å². The largest absolute Gasteiger partial charge is 0.507 e. The predicted octanol–water partition coefficient (Wildman–Crippen LogP) is 4.36. The van der Waals surface area contributed by atoms with Crippen molar-refractivity contribution in [3.8, 4) is 17.2 Å². The van der Waals surface area contributed by atoms with Crippen LogP contribution in [-0.2, 0) is 0 Å². The molecule has 3 aromatic carbocycles. The van der Waals surface area contributed by atoms with Gasteiger partial charge in [-0.2, -0.15) is 10.2 Å². The van der Waals surface area contributed by atoms with Crippen LogP contribution in [-0.4, -0.2) is 42.0 Å². The topological polar surface area (TPSA) is 112 Å². The molecule has 0 spiro atoms. The van der Waals surface area contributed by atoms with Gasteiger partial charge in [0.15, 0.2) is 10.2 Å². The van der Waals surface area contributed by atoms with Crippen molar-refractivity contribution in [1.82, 2.24) is 10.9 Å². The van der Waals surface area contributed by atoms with Crippen LogP contribution in [0.15, 0.2) is 70.9 Å². The molecule has 3 rings (SSSR count). The van der Waals surface area contributed by atoms with Crippen molar-refractivity contribution in [3.63, 3.8) is 0 Å². The highest BCUT2D eigenvalue weighted by Crippen LogP contribution is 2.22. The Bertz CT molecular complexity index is 1170. The van der Waals surface area contributed by atoms with Gasteiger partial charge in [-0.3, -0.25) is 10.9 Å². The summed E-state index contributed by atoms with van der Waals surface area (Å²) in [6, 6.07) is 18.2. The lowest BCUT2D eigenvalue weighted by Crippen LogP contribution is -2.24. The lowest BCUT2D eigenvalue weighted by molar-refractivity contribution is 0.415. The molecular weight excluding hydrogens is 496 g/mol. The van der Waals surface area contributed by atoms with E-state index in [-0.39, 0.29) is 5.75 Å². The molecule has 0 heterocycles. The minimum absolute atomic E-state index is 0.0137. The van der Waals surface area contributed by atoms with Crippen molar-refractivity contribution < 1.29 is 14.6 Å². The standard InChI is InChI=1S/C25H26N6O3S2/c1-16-12-17(14-26-30-24(35)28-19-4-8-21(33-2)9-5-19)23(32)18(13-16)15-27-31-25(36)29-20-6-10-22(34-3)11-7-20/h4-15,32H,1-3H3,(H2,28,30,35)(H2,29,31,36)/b26-14-,27-15?. The molecule has 0 amide bonds. The van der Waals surface area contributed by atoms with Crippen LogP contribution in [0.25, 0.3) is 0 Å². The van der Waals surface area contributed by atoms with Crippen molar-refractivity contribution in [2.75, 3.05) is 24.9 Å². The number of anilines is 2. The van der Waals surface area contributed by atoms with Crippen molar-refractivity contribution >= 4 is 58.5 Å². The first kappa shape index (κ1) is 26.4. The Morgan fingerprint density at radius 1 is 0.750 bits per heavy atom. The number of ether oxygens (including phenoxy) is 2. The van der Waals surface area contributed by atoms with E-state index in [0.717, 1.165) is 28.4 Å². The maximum absolute atomic E-state index is 10.7. The van der Waals surface area contributed by atoms with Crippen molar-refractivity contribution in [2.45, 2.75) is 6.92 Å². The summed E-state index contributed by atoms with van der Waals surface area (Å²) in [5.41, 5.74) is 8.93. The van der Waals surface area contributed by atoms with Crippen molar-refractivity contribution in [2.24, 2.45) is 10.2 Å². The van der Waals surface area contributed by atoms with Crippen LogP contribution in [0.4, 0.5) is 11.4 Å². The number of aromatic hydroxyl groups is 1. The van der Waals surface area contributed by atoms with E-state index in [4.69, 9.17) is 33.9 Å². The third kappa shape index (κ3) is 7.93. The van der Waals surface area contributed by atoms with E-state index in [2.05, 4.69) is 31.7 Å². The number of rotatable bonds is 8. The van der Waals surface area contributed by atoms with Crippen LogP contribution in [0.5, 0.6) is 17.2 Å². The van der Waals surface area contributed by atoms with Gasteiger partial charge in [0.25, 0.3) is 0 Å². The number of aryl methyl sites for hydroxylation is 1. The Balaban J connectivity index is 1.57. The quantitative estimate of drug-likeness (QED) is 0.167. The molecule has 9 nitrogen and oxygen atoms in total. The van der Waals surface area contributed by atoms with Gasteiger partial charge >= 0.3 is 0 Å². The van der Waals surface area contributed by atoms with Crippen LogP contribution in [0, 0.1) is 6.92 Å². The number of phenolic OH excluding ortho intramolecular Hbond substituents is 1. The molecule has 0 radical (unpaired) electrons. The third-order valence-electron chi connectivity index (χ3n) is 4.75. The second kappa shape index (κ2) is 13.0. The SMILES string of the molecule is COc1ccc(NC(=S)NN=Cc2cc(C)cc(/C=N\NC(=S)Nc3ccc(OC)cc3)c2O)cc1. The van der Waals surface area contributed by atoms with Gasteiger partial charge in [-0.1, -0.05) is 0 Å². The number of thiocarbonyl (C=S) groups is 2. The summed E-state index contributed by atoms with van der Waals surface area (Å²) < 4.78 is 10.3. The zero-order valence-electron chi connectivity index (χ0n) is 19.9. The molecule has 0 aliphatic heterocycles. The van der Waals surface area contributed by atoms with E-state index < -0.39 is 0 Å². The molecule has 5 N–H and O–H groups in total. The molecule has 0 unspecified atom stereocenters. The van der Waals surface area contributed by atoms with E-state index >= 15 is 0 Å². The van der Waals surface area contributed by atoms with Crippen LogP contribution in [0.3, 0.4) is 0 Å². The summed E-state index contributed by atoms with van der Waals surface area (Å²) in [4.78, 5) is 0. The Kier molecular flexibility index (Phi) is 9.55. The summed E-state index contributed by atoms with van der Waals surface area (Å²) >= 11 is 10.5. The maximum Gasteiger partial charge on any atom is 0.191 e. The summed E-state index contributed by atoms with van der Waals surface area (Å²) in [5.74, 6) is 1.51. The molecular formula is C25H26N6O3S2. The molecule has 186 valence electrons. The molecule has 3 aromatic rings. The molecule has 0 aromatic heterocycles. The monoisotopic (exact) mass is 522 g/mol. The Morgan fingerprint density at radius 3 is 1.50 bits per heavy atom. The number of nitrogens with one attached hydrogen (secondary N) is 4. The van der Waals surface area contributed by atoms with Crippen molar-refractivity contribution in [3.05, 3.63) is 77.4 Å². The number of phenols is 1. The van der Waals surface area contributed by atoms with Gasteiger partial charge in [-0.25, -0.2) is 0 Å². The number of methoxy groups -OCH3 is 2. The van der Waals surface area contributed by atoms with Crippen LogP contribution in [0.2, 0.25) is 0 Å². The van der Waals surface area contributed by atoms with Gasteiger partial charge in [0.2, 0.25) is 0 Å². The fourth-order valence-corrected chi connectivity index (χ4v) is 3.36. The molecule has 0 bridgehead atoms. The first-order valence-electron chi connectivity index (χ1n) is 10.7. The van der Waals surface area contributed by atoms with Gasteiger partial charge in [-0.15, -0.1) is 0 Å². The minimum Gasteiger partial charge on any atom is -0.507 e. The van der Waals surface area contributed by atoms with E-state index in [0.29, 0.717) is 21.4 Å². The second-order valence-electron chi connectivity index (χ2n) is 7.40. The summed E-state index contributed by atoms with van der Waals surface area (Å²) in [7, 11) is 3.21. The molecule has 0 aliphatic carbocycles. The highest BCUT2D eigenvalue weighted by molar-refractivity contribution is 7.80. The fourth-order valence-electron chi connectivity index (χ4n) is 3.02. The lowest BCUT2D eigenvalue weighted by atomic mass is 10.1. The highest BCUT2D eigenvalue weighted by Gasteiger charge is 2.06. The maximum atomic E-state index is 10.7. The van der Waals surface area contributed by atoms with Gasteiger partial charge < -0.3 is 25.2 Å². The van der Waals surface area contributed by atoms with Gasteiger partial charge in [0, 0.05) is 22.5 Å². The number of hydrazone groups is 2. The molecule has 0 saturated heterocycles. The smallest absolute Gasteiger partial charge is 0.191 e. The number of nitrogens with zero attached hydrogens (tertiary/aromatic N) is 2. The normalized spacial score (nSPS) is 10.8. The zero-order chi connectivity index (χ0) is 25.9. The van der Waals surface area contributed by atoms with Gasteiger partial charge in [-0.05, 0) is 97.6 Å². The lowest BCUT2D eigenvalue weighted by Gasteiger charge is -2.09. The summed E-state index contributed by atoms with van der Waals surface area (Å²) in [6.45, 7) is 1.90. The van der Waals surface area contributed by atoms with E-state index in [1.165, 1.54) is 12.4 Å². The van der Waals surface area contributed by atoms with Crippen LogP contribution >= 0.6 is 24.4 Å². The number of benzene rings is 3. The van der Waals surface area contributed by atoms with E-state index in [9.17, 15) is 5.11 Å². The van der Waals surface area contributed by atoms with E-state index in [1.54, 1.807) is 26.4 Å². The molecule has 0 saturated carbocycles. The van der Waals surface area contributed by atoms with Crippen LogP contribution in [0.1, 0.15) is 16.7 Å². The Morgan fingerprint density at radius 2 is 1.14 bits per heavy atom. The molecule has 36 heavy (non-hydrogen) atoms. The average molecular weight is 523 g/mol. The highest BCUT2D eigenvalue weighted by atomic mass is 32.1. The number of hydrogen-bond donors (Lipinski definition) is 5. The third-order valence-corrected chi connectivity index (χ3v) is 5.14. The van der Waals surface area contributed by atoms with Gasteiger partial charge in [0.1, 0.15) is 17.2 Å². The molecule has 0 fully saturated rings. The minimum atomic E-state index is 0.0137. The Labute approximate surface area is 220 Å². The molecule has 11 heteroatoms. The first-order chi connectivity index (χ1) is 17.4. The molecule has 0 atom stereocenters. The number of hydrogen-bond acceptors (Lipinski definition) is 7. The first-order valence-corrected chi connectivity index (χ1v) is 11.5. The second-order valence-corrected chi connectivity index (χ2v) is 8.21. The fraction of sp³-hybridized carbons (Fsp3) is 0.120. The summed E-state index contributed by atoms with van der Waals surface area (Å²) in [5, 5.41) is 25.5. The predicted molar refractivity (Wildman–Crippen MR) is 153 cm³/mol. The average Bonchev–Trinajstić information content (AvgIpc) is 2.87. The Hall–Kier alpha value is -4.22. The van der Waals surface area contributed by atoms with Crippen LogP contribution < -0.4 is 31.0 Å². The zero-order valence-corrected chi connectivity index (χ0v) is 21.5. The summed E-state index contributed by atoms with van der Waals surface area (Å²) in [6.07, 6.45) is 2.95. The molecule has 0 aliphatic rings. The van der Waals surface area contributed by atoms with E-state index in [1.807, 2.05) is 55.5 Å². The van der Waals surface area contributed by atoms with Gasteiger partial charge in [0.05, 0.1) is 26.6 Å².